The highest BCUT2D eigenvalue weighted by atomic mass is 16.5. The fourth-order valence-corrected chi connectivity index (χ4v) is 7.54. The zero-order chi connectivity index (χ0) is 33.7. The first-order valence-corrected chi connectivity index (χ1v) is 17.4. The van der Waals surface area contributed by atoms with Crippen molar-refractivity contribution in [1.29, 1.82) is 0 Å². The number of oxazole rings is 1. The molecule has 51 heavy (non-hydrogen) atoms. The van der Waals surface area contributed by atoms with Crippen LogP contribution in [0.5, 0.6) is 5.75 Å². The van der Waals surface area contributed by atoms with E-state index in [1.165, 1.54) is 33.0 Å². The van der Waals surface area contributed by atoms with Crippen molar-refractivity contribution in [2.75, 3.05) is 4.90 Å². The minimum atomic E-state index is 0.0646. The summed E-state index contributed by atoms with van der Waals surface area (Å²) in [6, 6.07) is 57.6. The second-order valence-electron chi connectivity index (χ2n) is 13.2. The van der Waals surface area contributed by atoms with Gasteiger partial charge in [-0.3, -0.25) is 0 Å². The average Bonchev–Trinajstić information content (AvgIpc) is 3.81. The molecule has 0 radical (unpaired) electrons. The highest BCUT2D eigenvalue weighted by Crippen LogP contribution is 2.51. The van der Waals surface area contributed by atoms with E-state index in [9.17, 15) is 0 Å². The highest BCUT2D eigenvalue weighted by Gasteiger charge is 2.36. The topological polar surface area (TPSA) is 38.5 Å². The first kappa shape index (κ1) is 29.3. The molecule has 1 atom stereocenters. The van der Waals surface area contributed by atoms with E-state index in [0.29, 0.717) is 5.89 Å². The van der Waals surface area contributed by atoms with Gasteiger partial charge in [-0.25, -0.2) is 4.98 Å². The summed E-state index contributed by atoms with van der Waals surface area (Å²) in [5.41, 5.74) is 11.8. The van der Waals surface area contributed by atoms with Crippen LogP contribution in [0.1, 0.15) is 23.5 Å². The van der Waals surface area contributed by atoms with Gasteiger partial charge in [-0.15, -0.1) is 0 Å². The normalized spacial score (nSPS) is 14.8. The van der Waals surface area contributed by atoms with Crippen LogP contribution in [0.25, 0.3) is 50.0 Å². The lowest BCUT2D eigenvalue weighted by Gasteiger charge is -2.27. The lowest BCUT2D eigenvalue weighted by Crippen LogP contribution is -2.10. The van der Waals surface area contributed by atoms with Gasteiger partial charge in [-0.2, -0.15) is 0 Å². The van der Waals surface area contributed by atoms with E-state index in [1.807, 2.05) is 42.5 Å². The number of fused-ring (bicyclic) bond motifs is 6. The van der Waals surface area contributed by atoms with Gasteiger partial charge in [-0.1, -0.05) is 109 Å². The summed E-state index contributed by atoms with van der Waals surface area (Å²) < 4.78 is 12.8. The Morgan fingerprint density at radius 2 is 1.24 bits per heavy atom. The van der Waals surface area contributed by atoms with Crippen LogP contribution >= 0.6 is 0 Å². The quantitative estimate of drug-likeness (QED) is 0.179. The zero-order valence-corrected chi connectivity index (χ0v) is 27.7. The van der Waals surface area contributed by atoms with E-state index < -0.39 is 0 Å². The summed E-state index contributed by atoms with van der Waals surface area (Å²) in [6.45, 7) is 0. The first-order chi connectivity index (χ1) is 25.2. The molecule has 4 nitrogen and oxygen atoms in total. The van der Waals surface area contributed by atoms with Gasteiger partial charge in [-0.05, 0) is 106 Å². The fourth-order valence-electron chi connectivity index (χ4n) is 7.54. The third-order valence-electron chi connectivity index (χ3n) is 10.1. The largest absolute Gasteiger partial charge is 0.461 e. The van der Waals surface area contributed by atoms with Crippen LogP contribution in [0.15, 0.2) is 186 Å². The van der Waals surface area contributed by atoms with Crippen molar-refractivity contribution in [3.8, 4) is 28.3 Å². The monoisotopic (exact) mass is 656 g/mol. The Morgan fingerprint density at radius 3 is 2.06 bits per heavy atom. The number of anilines is 3. The van der Waals surface area contributed by atoms with Gasteiger partial charge in [0.15, 0.2) is 5.58 Å². The molecule has 1 unspecified atom stereocenters. The zero-order valence-electron chi connectivity index (χ0n) is 27.7. The predicted molar refractivity (Wildman–Crippen MR) is 208 cm³/mol. The van der Waals surface area contributed by atoms with Gasteiger partial charge in [0.2, 0.25) is 5.89 Å². The Bertz CT molecular complexity index is 2640. The number of hydrogen-bond donors (Lipinski definition) is 0. The van der Waals surface area contributed by atoms with Crippen LogP contribution in [0.3, 0.4) is 0 Å². The molecule has 0 saturated carbocycles. The summed E-state index contributed by atoms with van der Waals surface area (Å²) in [4.78, 5) is 7.18. The van der Waals surface area contributed by atoms with Gasteiger partial charge in [0.25, 0.3) is 0 Å². The molecule has 0 bridgehead atoms. The van der Waals surface area contributed by atoms with Crippen LogP contribution in [0, 0.1) is 0 Å². The molecule has 1 aliphatic heterocycles. The van der Waals surface area contributed by atoms with Crippen molar-refractivity contribution in [3.05, 3.63) is 193 Å². The van der Waals surface area contributed by atoms with E-state index in [1.54, 1.807) is 0 Å². The molecule has 0 N–H and O–H groups in total. The van der Waals surface area contributed by atoms with Crippen molar-refractivity contribution < 1.29 is 9.15 Å². The molecule has 1 aliphatic carbocycles. The number of hydrogen-bond acceptors (Lipinski definition) is 4. The minimum absolute atomic E-state index is 0.0646. The van der Waals surface area contributed by atoms with Crippen molar-refractivity contribution in [3.63, 3.8) is 0 Å². The van der Waals surface area contributed by atoms with Crippen molar-refractivity contribution in [2.24, 2.45) is 0 Å². The van der Waals surface area contributed by atoms with Crippen molar-refractivity contribution in [1.82, 2.24) is 4.98 Å². The second-order valence-corrected chi connectivity index (χ2v) is 13.2. The Balaban J connectivity index is 0.999. The van der Waals surface area contributed by atoms with Crippen molar-refractivity contribution in [2.45, 2.75) is 12.3 Å². The van der Waals surface area contributed by atoms with E-state index in [2.05, 4.69) is 138 Å². The van der Waals surface area contributed by atoms with Gasteiger partial charge >= 0.3 is 0 Å². The lowest BCUT2D eigenvalue weighted by molar-refractivity contribution is 0.426. The standard InChI is InChI=1S/C47H32N2O2/c1-3-10-31(11-4-1)36-16-9-17-39(28-36)49(40-24-20-32-12-7-8-15-35(32)29-40)38-22-18-33(19-23-38)37-21-26-43-41(30-37)45-44(50-43)27-25-42-46(45)51-47(48-42)34-13-5-2-6-14-34/h1-29,41H,30H2. The molecule has 0 saturated heterocycles. The Morgan fingerprint density at radius 1 is 0.529 bits per heavy atom. The van der Waals surface area contributed by atoms with Crippen LogP contribution in [0.2, 0.25) is 0 Å². The Labute approximate surface area is 296 Å². The number of allylic oxidation sites excluding steroid dienone is 4. The molecule has 8 aromatic rings. The van der Waals surface area contributed by atoms with E-state index in [-0.39, 0.29) is 5.92 Å². The van der Waals surface area contributed by atoms with Gasteiger partial charge < -0.3 is 14.1 Å². The molecule has 0 spiro atoms. The first-order valence-electron chi connectivity index (χ1n) is 17.4. The van der Waals surface area contributed by atoms with Crippen molar-refractivity contribution >= 4 is 44.5 Å². The molecule has 2 heterocycles. The second kappa shape index (κ2) is 12.0. The molecule has 242 valence electrons. The van der Waals surface area contributed by atoms with E-state index >= 15 is 0 Å². The molecule has 0 fully saturated rings. The Hall–Kier alpha value is -6.65. The van der Waals surface area contributed by atoms with Crippen LogP contribution in [0.4, 0.5) is 17.1 Å². The highest BCUT2D eigenvalue weighted by molar-refractivity contribution is 5.90. The maximum Gasteiger partial charge on any atom is 0.227 e. The number of nitrogens with zero attached hydrogens (tertiary/aromatic N) is 2. The Kier molecular flexibility index (Phi) is 6.91. The molecule has 7 aromatic carbocycles. The third kappa shape index (κ3) is 5.20. The van der Waals surface area contributed by atoms with E-state index in [0.717, 1.165) is 57.2 Å². The number of rotatable bonds is 6. The summed E-state index contributed by atoms with van der Waals surface area (Å²) in [5.74, 6) is 2.50. The van der Waals surface area contributed by atoms with Gasteiger partial charge in [0, 0.05) is 22.6 Å². The average molecular weight is 657 g/mol. The summed E-state index contributed by atoms with van der Waals surface area (Å²) in [7, 11) is 0. The fraction of sp³-hybridized carbons (Fsp3) is 0.0426. The molecular weight excluding hydrogens is 625 g/mol. The number of aromatic nitrogens is 1. The van der Waals surface area contributed by atoms with Crippen LogP contribution in [-0.4, -0.2) is 4.98 Å². The molecule has 10 rings (SSSR count). The number of benzene rings is 7. The minimum Gasteiger partial charge on any atom is -0.461 e. The summed E-state index contributed by atoms with van der Waals surface area (Å²) in [5, 5.41) is 2.43. The van der Waals surface area contributed by atoms with Crippen LogP contribution in [-0.2, 0) is 0 Å². The van der Waals surface area contributed by atoms with E-state index in [4.69, 9.17) is 14.1 Å². The number of ether oxygens (including phenoxy) is 1. The molecular formula is C47H32N2O2. The maximum absolute atomic E-state index is 6.43. The molecule has 2 aliphatic rings. The molecule has 4 heteroatoms. The SMILES string of the molecule is C1=C(c2ccc(N(c3cccc(-c4ccccc4)c3)c3ccc4ccccc4c3)cc2)CC2C(=C1)Oc1ccc3nc(-c4ccccc4)oc3c12. The maximum atomic E-state index is 6.43. The smallest absolute Gasteiger partial charge is 0.227 e. The van der Waals surface area contributed by atoms with Gasteiger partial charge in [0.1, 0.15) is 17.0 Å². The molecule has 0 amide bonds. The predicted octanol–water partition coefficient (Wildman–Crippen LogP) is 12.6. The third-order valence-corrected chi connectivity index (χ3v) is 10.1. The summed E-state index contributed by atoms with van der Waals surface area (Å²) in [6.07, 6.45) is 5.13. The van der Waals surface area contributed by atoms with Crippen LogP contribution < -0.4 is 9.64 Å². The lowest BCUT2D eigenvalue weighted by atomic mass is 9.85. The molecule has 1 aromatic heterocycles. The van der Waals surface area contributed by atoms with Gasteiger partial charge in [0.05, 0.1) is 11.5 Å². The summed E-state index contributed by atoms with van der Waals surface area (Å²) >= 11 is 0.